The van der Waals surface area contributed by atoms with E-state index in [1.807, 2.05) is 0 Å². The Morgan fingerprint density at radius 3 is 0.429 bits per heavy atom. The molecule has 0 saturated carbocycles. The predicted molar refractivity (Wildman–Crippen MR) is 9.68 cm³/mol. The van der Waals surface area contributed by atoms with E-state index in [0.717, 1.165) is 0 Å². The van der Waals surface area contributed by atoms with Gasteiger partial charge < -0.3 is 27.4 Å². The summed E-state index contributed by atoms with van der Waals surface area (Å²) in [6.07, 6.45) is 0. The van der Waals surface area contributed by atoms with E-state index in [1.54, 1.807) is 0 Å². The summed E-state index contributed by atoms with van der Waals surface area (Å²) >= 11 is 0. The Hall–Kier alpha value is 1.68. The van der Waals surface area contributed by atoms with Gasteiger partial charge in [0.05, 0.1) is 0 Å². The van der Waals surface area contributed by atoms with Gasteiger partial charge in [0, 0.05) is 0 Å². The Kier molecular flexibility index (Phi) is 3130. The van der Waals surface area contributed by atoms with Crippen LogP contribution in [0.25, 0.3) is 0 Å². The van der Waals surface area contributed by atoms with E-state index in [9.17, 15) is 0 Å². The van der Waals surface area contributed by atoms with Crippen molar-refractivity contribution in [3.63, 3.8) is 0 Å². The third-order valence-electron chi connectivity index (χ3n) is 0. The molecule has 0 unspecified atom stereocenters. The molecular weight excluding hydrogens is 194 g/mol. The molecule has 40 valence electrons. The molecule has 0 aliphatic heterocycles. The Balaban J connectivity index is 0. The van der Waals surface area contributed by atoms with Crippen molar-refractivity contribution in [2.45, 2.75) is 0 Å². The third kappa shape index (κ3) is 87.6. The van der Waals surface area contributed by atoms with Crippen molar-refractivity contribution in [3.8, 4) is 0 Å². The fraction of sp³-hybridized carbons (Fsp3) is 0. The zero-order valence-electron chi connectivity index (χ0n) is 3.74. The molecule has 5 nitrogen and oxygen atoms in total. The van der Waals surface area contributed by atoms with Crippen LogP contribution >= 0.6 is 0 Å². The first kappa shape index (κ1) is 181. The van der Waals surface area contributed by atoms with Gasteiger partial charge in [0.15, 0.2) is 0 Å². The molecule has 0 heterocycles. The second-order valence-electron chi connectivity index (χ2n) is 0. The molecule has 0 aromatic rings. The van der Waals surface area contributed by atoms with E-state index in [-0.39, 0.29) is 83.1 Å². The van der Waals surface area contributed by atoms with Gasteiger partial charge in [0.1, 0.15) is 0 Å². The summed E-state index contributed by atoms with van der Waals surface area (Å²) in [5.74, 6) is 0. The molecule has 7 heavy (non-hydrogen) atoms. The first-order valence-corrected chi connectivity index (χ1v) is 0. The maximum Gasteiger partial charge on any atom is 4.00 e. The maximum absolute atomic E-state index is 0. The quantitative estimate of drug-likeness (QED) is 0.365. The third-order valence-corrected chi connectivity index (χ3v) is 0. The molecule has 0 amide bonds. The Labute approximate surface area is 82.4 Å². The largest absolute Gasteiger partial charge is 4.00 e. The van der Waals surface area contributed by atoms with Gasteiger partial charge >= 0.3 is 55.8 Å². The number of rotatable bonds is 0. The molecule has 0 aliphatic rings. The molecule has 0 spiro atoms. The zero-order valence-corrected chi connectivity index (χ0v) is 8.19. The minimum Gasteiger partial charge on any atom is -0.870 e. The van der Waals surface area contributed by atoms with Crippen LogP contribution in [0.1, 0.15) is 0 Å². The van der Waals surface area contributed by atoms with Gasteiger partial charge in [-0.05, 0) is 0 Å². The molecular formula is H5NaO5Zr. The van der Waals surface area contributed by atoms with Crippen LogP contribution < -0.4 is 29.6 Å². The van der Waals surface area contributed by atoms with Crippen molar-refractivity contribution in [2.24, 2.45) is 0 Å². The second kappa shape index (κ2) is 121. The van der Waals surface area contributed by atoms with Gasteiger partial charge in [-0.1, -0.05) is 0 Å². The van der Waals surface area contributed by atoms with Crippen molar-refractivity contribution in [1.29, 1.82) is 0 Å². The summed E-state index contributed by atoms with van der Waals surface area (Å²) in [6.45, 7) is 0. The smallest absolute Gasteiger partial charge is 0.870 e. The van der Waals surface area contributed by atoms with Crippen molar-refractivity contribution >= 4 is 0 Å². The average molecular weight is 199 g/mol. The van der Waals surface area contributed by atoms with E-state index in [4.69, 9.17) is 0 Å². The first-order chi connectivity index (χ1) is 0. The Morgan fingerprint density at radius 1 is 0.429 bits per heavy atom. The molecule has 7 heteroatoms. The molecule has 0 aromatic heterocycles. The SMILES string of the molecule is [Na+].[OH-].[OH-].[OH-].[OH-].[OH-].[Zr+4]. The van der Waals surface area contributed by atoms with E-state index in [0.29, 0.717) is 0 Å². The molecule has 0 saturated heterocycles. The molecule has 5 N–H and O–H groups in total. The van der Waals surface area contributed by atoms with Gasteiger partial charge in [0.25, 0.3) is 0 Å². The molecule has 0 atom stereocenters. The molecule has 0 radical (unpaired) electrons. The number of hydrogen-bond donors (Lipinski definition) is 0. The maximum atomic E-state index is 0. The van der Waals surface area contributed by atoms with Crippen molar-refractivity contribution in [2.75, 3.05) is 0 Å². The molecule has 0 aliphatic carbocycles. The zero-order chi connectivity index (χ0) is 0. The van der Waals surface area contributed by atoms with Crippen LogP contribution in [0.4, 0.5) is 0 Å². The van der Waals surface area contributed by atoms with Crippen LogP contribution in [0.3, 0.4) is 0 Å². The van der Waals surface area contributed by atoms with Crippen molar-refractivity contribution in [1.82, 2.24) is 0 Å². The van der Waals surface area contributed by atoms with Crippen LogP contribution in [-0.4, -0.2) is 27.4 Å². The molecule has 0 rings (SSSR count). The summed E-state index contributed by atoms with van der Waals surface area (Å²) in [7, 11) is 0. The van der Waals surface area contributed by atoms with E-state index in [2.05, 4.69) is 0 Å². The van der Waals surface area contributed by atoms with Crippen LogP contribution in [0.2, 0.25) is 0 Å². The minimum atomic E-state index is 0. The topological polar surface area (TPSA) is 150 Å². The van der Waals surface area contributed by atoms with Crippen LogP contribution in [0.5, 0.6) is 0 Å². The molecule has 0 fully saturated rings. The van der Waals surface area contributed by atoms with E-state index >= 15 is 0 Å². The summed E-state index contributed by atoms with van der Waals surface area (Å²) in [4.78, 5) is 0. The van der Waals surface area contributed by atoms with E-state index in [1.165, 1.54) is 0 Å². The van der Waals surface area contributed by atoms with Gasteiger partial charge in [-0.2, -0.15) is 0 Å². The molecule has 0 aromatic carbocycles. The van der Waals surface area contributed by atoms with Gasteiger partial charge in [-0.15, -0.1) is 0 Å². The van der Waals surface area contributed by atoms with Gasteiger partial charge in [-0.25, -0.2) is 0 Å². The summed E-state index contributed by atoms with van der Waals surface area (Å²) < 4.78 is 0. The van der Waals surface area contributed by atoms with Crippen LogP contribution in [-0.2, 0) is 26.2 Å². The second-order valence-corrected chi connectivity index (χ2v) is 0. The summed E-state index contributed by atoms with van der Waals surface area (Å²) in [5, 5.41) is 0. The predicted octanol–water partition coefficient (Wildman–Crippen LogP) is -3.88. The summed E-state index contributed by atoms with van der Waals surface area (Å²) in [6, 6.07) is 0. The monoisotopic (exact) mass is 198 g/mol. The Morgan fingerprint density at radius 2 is 0.429 bits per heavy atom. The van der Waals surface area contributed by atoms with Crippen LogP contribution in [0.15, 0.2) is 0 Å². The minimum absolute atomic E-state index is 0. The Bertz CT molecular complexity index is 8.04. The fourth-order valence-corrected chi connectivity index (χ4v) is 0. The number of hydrogen-bond acceptors (Lipinski definition) is 5. The van der Waals surface area contributed by atoms with Crippen molar-refractivity contribution in [3.05, 3.63) is 0 Å². The normalized spacial score (nSPS) is 0. The first-order valence-electron chi connectivity index (χ1n) is 0. The van der Waals surface area contributed by atoms with Crippen LogP contribution in [0, 0.1) is 0 Å². The van der Waals surface area contributed by atoms with E-state index < -0.39 is 0 Å². The van der Waals surface area contributed by atoms with Crippen molar-refractivity contribution < 1.29 is 83.1 Å². The van der Waals surface area contributed by atoms with Gasteiger partial charge in [0.2, 0.25) is 0 Å². The standard InChI is InChI=1S/Na.5H2O.Zr/h;5*1H2;/q+1;;;;;;+4/p-5. The molecule has 0 bridgehead atoms. The fourth-order valence-electron chi connectivity index (χ4n) is 0. The summed E-state index contributed by atoms with van der Waals surface area (Å²) in [5.41, 5.74) is 0. The van der Waals surface area contributed by atoms with Gasteiger partial charge in [-0.3, -0.25) is 0 Å². The average Bonchev–Trinajstić information content (AvgIpc) is 0.